The molecule has 3 amide bonds. The van der Waals surface area contributed by atoms with E-state index < -0.39 is 17.7 Å². The minimum absolute atomic E-state index is 0.0108. The number of methoxy groups -OCH3 is 2. The highest BCUT2D eigenvalue weighted by Crippen LogP contribution is 2.50. The van der Waals surface area contributed by atoms with E-state index in [1.807, 2.05) is 35.2 Å². The molecule has 1 saturated carbocycles. The van der Waals surface area contributed by atoms with Crippen LogP contribution < -0.4 is 25.4 Å². The molecule has 3 N–H and O–H groups in total. The van der Waals surface area contributed by atoms with Gasteiger partial charge in [0.25, 0.3) is 0 Å². The first-order chi connectivity index (χ1) is 20.3. The molecular formula is C31H35F2N5O4. The molecule has 0 unspecified atom stereocenters. The number of urea groups is 1. The van der Waals surface area contributed by atoms with Crippen LogP contribution in [0, 0.1) is 11.6 Å². The van der Waals surface area contributed by atoms with Crippen molar-refractivity contribution in [3.8, 4) is 11.5 Å². The number of anilines is 1. The third-order valence-corrected chi connectivity index (χ3v) is 8.41. The van der Waals surface area contributed by atoms with E-state index in [1.165, 1.54) is 6.07 Å². The molecule has 5 rings (SSSR count). The monoisotopic (exact) mass is 579 g/mol. The van der Waals surface area contributed by atoms with Gasteiger partial charge in [0.2, 0.25) is 5.91 Å². The maximum Gasteiger partial charge on any atom is 0.319 e. The summed E-state index contributed by atoms with van der Waals surface area (Å²) < 4.78 is 38.0. The molecular weight excluding hydrogens is 544 g/mol. The predicted molar refractivity (Wildman–Crippen MR) is 153 cm³/mol. The quantitative estimate of drug-likeness (QED) is 0.348. The molecule has 3 atom stereocenters. The number of likely N-dealkylation sites (tertiary alicyclic amines) is 1. The number of nitrogens with zero attached hydrogens (tertiary/aromatic N) is 2. The minimum Gasteiger partial charge on any atom is -0.493 e. The molecule has 2 aliphatic rings. The largest absolute Gasteiger partial charge is 0.493 e. The fourth-order valence-corrected chi connectivity index (χ4v) is 6.30. The first-order valence-corrected chi connectivity index (χ1v) is 14.0. The molecule has 1 aliphatic heterocycles. The maximum absolute atomic E-state index is 13.6. The zero-order chi connectivity index (χ0) is 29.7. The Morgan fingerprint density at radius 1 is 1.00 bits per heavy atom. The second-order valence-electron chi connectivity index (χ2n) is 10.7. The van der Waals surface area contributed by atoms with Crippen LogP contribution in [0.4, 0.5) is 19.3 Å². The van der Waals surface area contributed by atoms with E-state index >= 15 is 0 Å². The van der Waals surface area contributed by atoms with Crippen LogP contribution in [-0.4, -0.2) is 61.2 Å². The first kappa shape index (κ1) is 29.2. The summed E-state index contributed by atoms with van der Waals surface area (Å²) in [6, 6.07) is 12.0. The number of benzene rings is 2. The minimum atomic E-state index is -1.04. The number of aromatic nitrogens is 1. The van der Waals surface area contributed by atoms with Gasteiger partial charge in [-0.05, 0) is 73.2 Å². The van der Waals surface area contributed by atoms with Gasteiger partial charge in [-0.15, -0.1) is 0 Å². The number of fused-ring (bicyclic) bond motifs is 1. The number of ether oxygens (including phenoxy) is 2. The van der Waals surface area contributed by atoms with Crippen LogP contribution in [0.25, 0.3) is 0 Å². The lowest BCUT2D eigenvalue weighted by Gasteiger charge is -2.45. The normalized spacial score (nSPS) is 21.4. The van der Waals surface area contributed by atoms with Gasteiger partial charge in [-0.1, -0.05) is 6.07 Å². The Labute approximate surface area is 243 Å². The molecule has 2 aromatic carbocycles. The van der Waals surface area contributed by atoms with Crippen molar-refractivity contribution in [2.45, 2.75) is 49.7 Å². The number of pyridine rings is 1. The summed E-state index contributed by atoms with van der Waals surface area (Å²) in [6.45, 7) is 1.31. The summed E-state index contributed by atoms with van der Waals surface area (Å²) in [7, 11) is 3.19. The molecule has 0 spiro atoms. The molecule has 1 saturated heterocycles. The van der Waals surface area contributed by atoms with Gasteiger partial charge >= 0.3 is 6.03 Å². The van der Waals surface area contributed by atoms with Crippen LogP contribution in [-0.2, 0) is 16.8 Å². The number of rotatable bonds is 9. The summed E-state index contributed by atoms with van der Waals surface area (Å²) in [5.74, 6) is -0.783. The Hall–Kier alpha value is -4.25. The van der Waals surface area contributed by atoms with E-state index in [-0.39, 0.29) is 35.6 Å². The number of halogens is 2. The van der Waals surface area contributed by atoms with E-state index in [0.29, 0.717) is 37.4 Å². The Morgan fingerprint density at radius 3 is 2.52 bits per heavy atom. The molecule has 9 nitrogen and oxygen atoms in total. The topological polar surface area (TPSA) is 105 Å². The average Bonchev–Trinajstić information content (AvgIpc) is 3.39. The molecule has 1 aliphatic carbocycles. The lowest BCUT2D eigenvalue weighted by Crippen LogP contribution is -2.55. The number of nitrogens with one attached hydrogen (secondary N) is 3. The molecule has 0 bridgehead atoms. The average molecular weight is 580 g/mol. The Bertz CT molecular complexity index is 1430. The van der Waals surface area contributed by atoms with Crippen LogP contribution in [0.15, 0.2) is 60.9 Å². The lowest BCUT2D eigenvalue weighted by molar-refractivity contribution is -0.132. The zero-order valence-electron chi connectivity index (χ0n) is 23.7. The summed E-state index contributed by atoms with van der Waals surface area (Å²) >= 11 is 0. The SMILES string of the molecule is COc1ccc([C@@]23CC[C@@H](NC(=O)Nc4ccc(F)c(F)c4)C[C@@H]2N(C(=O)CNCc2ccncc2)CC3)cc1OC. The second kappa shape index (κ2) is 12.7. The summed E-state index contributed by atoms with van der Waals surface area (Å²) in [4.78, 5) is 32.3. The smallest absolute Gasteiger partial charge is 0.319 e. The van der Waals surface area contributed by atoms with Gasteiger partial charge in [-0.2, -0.15) is 0 Å². The van der Waals surface area contributed by atoms with Crippen LogP contribution in [0.3, 0.4) is 0 Å². The van der Waals surface area contributed by atoms with Gasteiger partial charge in [0.1, 0.15) is 0 Å². The van der Waals surface area contributed by atoms with Gasteiger partial charge in [0, 0.05) is 54.7 Å². The molecule has 1 aromatic heterocycles. The Morgan fingerprint density at radius 2 is 1.79 bits per heavy atom. The van der Waals surface area contributed by atoms with Gasteiger partial charge in [-0.3, -0.25) is 9.78 Å². The van der Waals surface area contributed by atoms with Crippen molar-refractivity contribution in [2.24, 2.45) is 0 Å². The number of carbonyl (C=O) groups is 2. The number of hydrogen-bond donors (Lipinski definition) is 3. The van der Waals surface area contributed by atoms with Gasteiger partial charge in [-0.25, -0.2) is 13.6 Å². The van der Waals surface area contributed by atoms with Crippen molar-refractivity contribution in [3.05, 3.63) is 83.7 Å². The van der Waals surface area contributed by atoms with Crippen molar-refractivity contribution < 1.29 is 27.8 Å². The molecule has 222 valence electrons. The molecule has 2 heterocycles. The Kier molecular flexibility index (Phi) is 8.86. The second-order valence-corrected chi connectivity index (χ2v) is 10.7. The number of carbonyl (C=O) groups excluding carboxylic acids is 2. The highest BCUT2D eigenvalue weighted by molar-refractivity contribution is 5.89. The fraction of sp³-hybridized carbons (Fsp3) is 0.387. The fourth-order valence-electron chi connectivity index (χ4n) is 6.30. The highest BCUT2D eigenvalue weighted by Gasteiger charge is 2.53. The van der Waals surface area contributed by atoms with E-state index in [1.54, 1.807) is 26.6 Å². The van der Waals surface area contributed by atoms with Crippen LogP contribution >= 0.6 is 0 Å². The molecule has 42 heavy (non-hydrogen) atoms. The van der Waals surface area contributed by atoms with Crippen molar-refractivity contribution >= 4 is 17.6 Å². The number of hydrogen-bond acceptors (Lipinski definition) is 6. The van der Waals surface area contributed by atoms with Crippen molar-refractivity contribution in [3.63, 3.8) is 0 Å². The van der Waals surface area contributed by atoms with E-state index in [0.717, 1.165) is 36.1 Å². The molecule has 2 fully saturated rings. The van der Waals surface area contributed by atoms with Crippen LogP contribution in [0.5, 0.6) is 11.5 Å². The Balaban J connectivity index is 1.33. The van der Waals surface area contributed by atoms with Gasteiger partial charge < -0.3 is 30.3 Å². The van der Waals surface area contributed by atoms with E-state index in [9.17, 15) is 18.4 Å². The van der Waals surface area contributed by atoms with Crippen LogP contribution in [0.1, 0.15) is 36.8 Å². The number of amides is 3. The third-order valence-electron chi connectivity index (χ3n) is 8.41. The molecule has 11 heteroatoms. The maximum atomic E-state index is 13.6. The van der Waals surface area contributed by atoms with Gasteiger partial charge in [0.15, 0.2) is 23.1 Å². The van der Waals surface area contributed by atoms with E-state index in [2.05, 4.69) is 20.9 Å². The predicted octanol–water partition coefficient (Wildman–Crippen LogP) is 4.38. The summed E-state index contributed by atoms with van der Waals surface area (Å²) in [6.07, 6.45) is 6.16. The van der Waals surface area contributed by atoms with Crippen molar-refractivity contribution in [1.82, 2.24) is 20.5 Å². The van der Waals surface area contributed by atoms with Crippen molar-refractivity contribution in [1.29, 1.82) is 0 Å². The van der Waals surface area contributed by atoms with Crippen LogP contribution in [0.2, 0.25) is 0 Å². The van der Waals surface area contributed by atoms with E-state index in [4.69, 9.17) is 9.47 Å². The van der Waals surface area contributed by atoms with Crippen molar-refractivity contribution in [2.75, 3.05) is 32.6 Å². The first-order valence-electron chi connectivity index (χ1n) is 14.0. The molecule has 3 aromatic rings. The summed E-state index contributed by atoms with van der Waals surface area (Å²) in [5.41, 5.74) is 1.93. The third kappa shape index (κ3) is 6.15. The molecule has 0 radical (unpaired) electrons. The lowest BCUT2D eigenvalue weighted by atomic mass is 9.65. The summed E-state index contributed by atoms with van der Waals surface area (Å²) in [5, 5.41) is 8.80. The zero-order valence-corrected chi connectivity index (χ0v) is 23.7. The van der Waals surface area contributed by atoms with Gasteiger partial charge in [0.05, 0.1) is 20.8 Å². The highest BCUT2D eigenvalue weighted by atomic mass is 19.2. The standard InChI is InChI=1S/C31H35F2N5O4/c1-41-26-6-3-21(15-27(26)42-2)31-10-7-23(37-30(40)36-22-4-5-24(32)25(33)16-22)17-28(31)38(14-11-31)29(39)19-35-18-20-8-12-34-13-9-20/h3-6,8-9,12-13,15-16,23,28,35H,7,10-11,14,17-19H2,1-2H3,(H2,36,37,40)/t23-,28+,31+/m1/s1.